The first-order valence-corrected chi connectivity index (χ1v) is 9.93. The van der Waals surface area contributed by atoms with Crippen LogP contribution < -0.4 is 27.4 Å². The lowest BCUT2D eigenvalue weighted by Gasteiger charge is -2.25. The number of nitrogens with two attached hydrogens (primary N) is 2. The summed E-state index contributed by atoms with van der Waals surface area (Å²) in [4.78, 5) is 70.2. The maximum absolute atomic E-state index is 12.5. The Morgan fingerprint density at radius 3 is 1.84 bits per heavy atom. The van der Waals surface area contributed by atoms with Crippen molar-refractivity contribution in [3.8, 4) is 0 Å². The predicted octanol–water partition coefficient (Wildman–Crippen LogP) is -2.82. The molecule has 176 valence electrons. The molecule has 0 heterocycles. The van der Waals surface area contributed by atoms with Gasteiger partial charge in [0.05, 0.1) is 12.5 Å². The summed E-state index contributed by atoms with van der Waals surface area (Å²) in [5.41, 5.74) is 10.7. The van der Waals surface area contributed by atoms with Crippen LogP contribution in [0.5, 0.6) is 0 Å². The van der Waals surface area contributed by atoms with Gasteiger partial charge < -0.3 is 37.6 Å². The molecule has 0 saturated carbocycles. The molecular formula is C17H29N5O8S. The summed E-state index contributed by atoms with van der Waals surface area (Å²) in [6, 6.07) is -5.23. The third-order valence-corrected chi connectivity index (χ3v) is 4.46. The van der Waals surface area contributed by atoms with Crippen LogP contribution in [0.1, 0.15) is 33.1 Å². The van der Waals surface area contributed by atoms with Crippen LogP contribution in [0.3, 0.4) is 0 Å². The molecule has 0 aromatic carbocycles. The van der Waals surface area contributed by atoms with Crippen LogP contribution in [0.15, 0.2) is 0 Å². The summed E-state index contributed by atoms with van der Waals surface area (Å²) in [6.07, 6.45) is -1.14. The van der Waals surface area contributed by atoms with Gasteiger partial charge in [-0.1, -0.05) is 13.8 Å². The van der Waals surface area contributed by atoms with Gasteiger partial charge in [-0.2, -0.15) is 12.6 Å². The number of nitrogens with one attached hydrogen (secondary N) is 3. The molecule has 0 spiro atoms. The molecule has 4 unspecified atom stereocenters. The van der Waals surface area contributed by atoms with E-state index in [-0.39, 0.29) is 18.6 Å². The molecule has 9 N–H and O–H groups in total. The number of carboxylic acid groups (broad SMARTS) is 2. The number of carboxylic acids is 2. The Morgan fingerprint density at radius 2 is 1.42 bits per heavy atom. The maximum Gasteiger partial charge on any atom is 0.326 e. The van der Waals surface area contributed by atoms with Crippen LogP contribution in [0.25, 0.3) is 0 Å². The Balaban J connectivity index is 5.23. The van der Waals surface area contributed by atoms with Crippen molar-refractivity contribution in [1.82, 2.24) is 16.0 Å². The van der Waals surface area contributed by atoms with Crippen molar-refractivity contribution in [2.75, 3.05) is 5.75 Å². The third-order valence-electron chi connectivity index (χ3n) is 4.09. The predicted molar refractivity (Wildman–Crippen MR) is 111 cm³/mol. The van der Waals surface area contributed by atoms with Crippen molar-refractivity contribution >= 4 is 48.2 Å². The number of hydrogen-bond acceptors (Lipinski definition) is 8. The monoisotopic (exact) mass is 463 g/mol. The van der Waals surface area contributed by atoms with Crippen LogP contribution in [0.4, 0.5) is 0 Å². The number of primary amides is 1. The van der Waals surface area contributed by atoms with Crippen molar-refractivity contribution in [3.05, 3.63) is 0 Å². The van der Waals surface area contributed by atoms with E-state index in [1.165, 1.54) is 0 Å². The number of amides is 4. The number of carbonyl (C=O) groups is 6. The molecule has 0 aliphatic carbocycles. The van der Waals surface area contributed by atoms with Crippen molar-refractivity contribution in [2.24, 2.45) is 17.4 Å². The minimum atomic E-state index is -1.49. The van der Waals surface area contributed by atoms with Crippen molar-refractivity contribution in [1.29, 1.82) is 0 Å². The summed E-state index contributed by atoms with van der Waals surface area (Å²) in [7, 11) is 0. The highest BCUT2D eigenvalue weighted by molar-refractivity contribution is 7.80. The van der Waals surface area contributed by atoms with Gasteiger partial charge in [-0.25, -0.2) is 4.79 Å². The van der Waals surface area contributed by atoms with E-state index in [9.17, 15) is 33.9 Å². The second-order valence-corrected chi connectivity index (χ2v) is 7.45. The molecule has 0 radical (unpaired) electrons. The van der Waals surface area contributed by atoms with E-state index < -0.39 is 72.1 Å². The molecule has 0 aliphatic heterocycles. The van der Waals surface area contributed by atoms with Gasteiger partial charge in [0.1, 0.15) is 18.1 Å². The van der Waals surface area contributed by atoms with E-state index in [0.717, 1.165) is 0 Å². The van der Waals surface area contributed by atoms with Gasteiger partial charge in [-0.05, 0) is 12.3 Å². The van der Waals surface area contributed by atoms with Crippen LogP contribution in [0.2, 0.25) is 0 Å². The molecule has 14 heteroatoms. The zero-order valence-electron chi connectivity index (χ0n) is 17.2. The van der Waals surface area contributed by atoms with Crippen LogP contribution in [-0.4, -0.2) is 75.7 Å². The fraction of sp³-hybridized carbons (Fsp3) is 0.647. The van der Waals surface area contributed by atoms with Gasteiger partial charge >= 0.3 is 11.9 Å². The van der Waals surface area contributed by atoms with Crippen LogP contribution >= 0.6 is 12.6 Å². The molecule has 0 aliphatic rings. The summed E-state index contributed by atoms with van der Waals surface area (Å²) in [5, 5.41) is 24.6. The average molecular weight is 464 g/mol. The van der Waals surface area contributed by atoms with Crippen molar-refractivity contribution < 1.29 is 39.0 Å². The average Bonchev–Trinajstić information content (AvgIpc) is 2.66. The Morgan fingerprint density at radius 1 is 0.903 bits per heavy atom. The smallest absolute Gasteiger partial charge is 0.326 e. The van der Waals surface area contributed by atoms with Gasteiger partial charge in [0.25, 0.3) is 0 Å². The highest BCUT2D eigenvalue weighted by Gasteiger charge is 2.31. The quantitative estimate of drug-likeness (QED) is 0.124. The fourth-order valence-corrected chi connectivity index (χ4v) is 2.59. The van der Waals surface area contributed by atoms with Gasteiger partial charge in [0.2, 0.25) is 23.6 Å². The molecule has 0 aromatic rings. The zero-order valence-corrected chi connectivity index (χ0v) is 18.1. The molecule has 4 atom stereocenters. The molecular weight excluding hydrogens is 434 g/mol. The Bertz CT molecular complexity index is 702. The topological polar surface area (TPSA) is 231 Å². The maximum atomic E-state index is 12.5. The summed E-state index contributed by atoms with van der Waals surface area (Å²) < 4.78 is 0. The molecule has 0 aromatic heterocycles. The summed E-state index contributed by atoms with van der Waals surface area (Å²) >= 11 is 3.96. The highest BCUT2D eigenvalue weighted by Crippen LogP contribution is 2.04. The van der Waals surface area contributed by atoms with Gasteiger partial charge in [-0.15, -0.1) is 0 Å². The minimum Gasteiger partial charge on any atom is -0.481 e. The van der Waals surface area contributed by atoms with E-state index in [1.54, 1.807) is 13.8 Å². The molecule has 13 nitrogen and oxygen atoms in total. The number of hydrogen-bond donors (Lipinski definition) is 8. The van der Waals surface area contributed by atoms with Crippen LogP contribution in [-0.2, 0) is 28.8 Å². The lowest BCUT2D eigenvalue weighted by Crippen LogP contribution is -2.58. The first-order valence-electron chi connectivity index (χ1n) is 9.30. The standard InChI is InChI=1S/C17H29N5O8S/c1-7(2)13(17(29)30)22-15(27)9(5-11(19)23)20-16(28)10(6-31)21-14(26)8(18)3-4-12(24)25/h7-10,13,31H,3-6,18H2,1-2H3,(H2,19,23)(H,20,28)(H,21,26)(H,22,27)(H,24,25)(H,29,30). The first kappa shape index (κ1) is 28.1. The van der Waals surface area contributed by atoms with E-state index in [4.69, 9.17) is 16.6 Å². The Hall–Kier alpha value is -2.87. The molecule has 4 amide bonds. The Kier molecular flexibility index (Phi) is 12.2. The summed E-state index contributed by atoms with van der Waals surface area (Å²) in [6.45, 7) is 3.11. The number of aliphatic carboxylic acids is 2. The minimum absolute atomic E-state index is 0.166. The lowest BCUT2D eigenvalue weighted by molar-refractivity contribution is -0.143. The third kappa shape index (κ3) is 10.6. The highest BCUT2D eigenvalue weighted by atomic mass is 32.1. The van der Waals surface area contributed by atoms with E-state index in [2.05, 4.69) is 28.6 Å². The zero-order chi connectivity index (χ0) is 24.3. The second kappa shape index (κ2) is 13.4. The first-order chi connectivity index (χ1) is 14.3. The SMILES string of the molecule is CC(C)C(NC(=O)C(CC(N)=O)NC(=O)C(CS)NC(=O)C(N)CCC(=O)O)C(=O)O. The number of carbonyl (C=O) groups excluding carboxylic acids is 4. The van der Waals surface area contributed by atoms with Crippen LogP contribution in [0, 0.1) is 5.92 Å². The second-order valence-electron chi connectivity index (χ2n) is 7.08. The lowest BCUT2D eigenvalue weighted by atomic mass is 10.0. The molecule has 0 saturated heterocycles. The van der Waals surface area contributed by atoms with E-state index in [0.29, 0.717) is 0 Å². The Labute approximate surface area is 184 Å². The van der Waals surface area contributed by atoms with Gasteiger partial charge in [-0.3, -0.25) is 24.0 Å². The molecule has 0 bridgehead atoms. The van der Waals surface area contributed by atoms with Gasteiger partial charge in [0, 0.05) is 12.2 Å². The molecule has 0 fully saturated rings. The molecule has 31 heavy (non-hydrogen) atoms. The van der Waals surface area contributed by atoms with E-state index in [1.807, 2.05) is 0 Å². The number of thiol groups is 1. The molecule has 0 rings (SSSR count). The fourth-order valence-electron chi connectivity index (χ4n) is 2.33. The van der Waals surface area contributed by atoms with Crippen molar-refractivity contribution in [3.63, 3.8) is 0 Å². The normalized spacial score (nSPS) is 14.6. The van der Waals surface area contributed by atoms with Gasteiger partial charge in [0.15, 0.2) is 0 Å². The number of rotatable bonds is 14. The largest absolute Gasteiger partial charge is 0.481 e. The van der Waals surface area contributed by atoms with E-state index >= 15 is 0 Å². The summed E-state index contributed by atoms with van der Waals surface area (Å²) in [5.74, 6) is -6.73. The van der Waals surface area contributed by atoms with Crippen molar-refractivity contribution in [2.45, 2.75) is 57.3 Å².